The van der Waals surface area contributed by atoms with Crippen LogP contribution in [0, 0.1) is 11.6 Å². The molecule has 1 atom stereocenters. The van der Waals surface area contributed by atoms with Gasteiger partial charge < -0.3 is 10.6 Å². The Balaban J connectivity index is 1.60. The predicted molar refractivity (Wildman–Crippen MR) is 75.8 cm³/mol. The number of carbonyl (C=O) groups is 1. The van der Waals surface area contributed by atoms with Gasteiger partial charge >= 0.3 is 0 Å². The molecule has 1 aliphatic heterocycles. The van der Waals surface area contributed by atoms with Gasteiger partial charge in [-0.25, -0.2) is 8.78 Å². The SMILES string of the molecule is O=C(NCc1cccc(F)c1)C1Cc2cc(F)ccc2N1. The van der Waals surface area contributed by atoms with Crippen LogP contribution in [-0.4, -0.2) is 11.9 Å². The molecule has 2 aromatic carbocycles. The average molecular weight is 288 g/mol. The lowest BCUT2D eigenvalue weighted by Crippen LogP contribution is -2.38. The highest BCUT2D eigenvalue weighted by atomic mass is 19.1. The largest absolute Gasteiger partial charge is 0.373 e. The molecule has 1 unspecified atom stereocenters. The summed E-state index contributed by atoms with van der Waals surface area (Å²) in [6.07, 6.45) is 0.447. The van der Waals surface area contributed by atoms with Gasteiger partial charge in [0.05, 0.1) is 0 Å². The van der Waals surface area contributed by atoms with E-state index in [0.717, 1.165) is 11.3 Å². The van der Waals surface area contributed by atoms with E-state index in [4.69, 9.17) is 0 Å². The normalized spacial score (nSPS) is 16.2. The third-order valence-electron chi connectivity index (χ3n) is 3.49. The van der Waals surface area contributed by atoms with Crippen LogP contribution in [0.3, 0.4) is 0 Å². The number of amides is 1. The maximum atomic E-state index is 13.1. The third kappa shape index (κ3) is 3.02. The van der Waals surface area contributed by atoms with Crippen molar-refractivity contribution in [1.82, 2.24) is 5.32 Å². The molecule has 1 amide bonds. The fourth-order valence-electron chi connectivity index (χ4n) is 2.45. The third-order valence-corrected chi connectivity index (χ3v) is 3.49. The predicted octanol–water partition coefficient (Wildman–Crippen LogP) is 2.62. The molecule has 2 N–H and O–H groups in total. The quantitative estimate of drug-likeness (QED) is 0.911. The van der Waals surface area contributed by atoms with Crippen LogP contribution in [0.4, 0.5) is 14.5 Å². The fraction of sp³-hybridized carbons (Fsp3) is 0.188. The van der Waals surface area contributed by atoms with Gasteiger partial charge in [0.1, 0.15) is 17.7 Å². The Morgan fingerprint density at radius 2 is 2.00 bits per heavy atom. The molecule has 108 valence electrons. The van der Waals surface area contributed by atoms with Crippen molar-refractivity contribution in [3.8, 4) is 0 Å². The molecule has 0 spiro atoms. The molecule has 5 heteroatoms. The number of carbonyl (C=O) groups excluding carboxylic acids is 1. The lowest BCUT2D eigenvalue weighted by atomic mass is 10.1. The topological polar surface area (TPSA) is 41.1 Å². The lowest BCUT2D eigenvalue weighted by molar-refractivity contribution is -0.121. The van der Waals surface area contributed by atoms with Gasteiger partial charge in [0.25, 0.3) is 0 Å². The number of anilines is 1. The number of benzene rings is 2. The van der Waals surface area contributed by atoms with Crippen LogP contribution in [0.25, 0.3) is 0 Å². The maximum absolute atomic E-state index is 13.1. The highest BCUT2D eigenvalue weighted by Gasteiger charge is 2.26. The number of nitrogens with one attached hydrogen (secondary N) is 2. The second-order valence-corrected chi connectivity index (χ2v) is 5.05. The van der Waals surface area contributed by atoms with Crippen LogP contribution in [0.1, 0.15) is 11.1 Å². The standard InChI is InChI=1S/C16H14F2N2O/c17-12-3-1-2-10(6-12)9-19-16(21)15-8-11-7-13(18)4-5-14(11)20-15/h1-7,15,20H,8-9H2,(H,19,21). The van der Waals surface area contributed by atoms with Crippen molar-refractivity contribution in [3.63, 3.8) is 0 Å². The molecule has 0 radical (unpaired) electrons. The number of hydrogen-bond acceptors (Lipinski definition) is 2. The zero-order valence-electron chi connectivity index (χ0n) is 11.2. The van der Waals surface area contributed by atoms with Crippen LogP contribution in [0.2, 0.25) is 0 Å². The van der Waals surface area contributed by atoms with Crippen LogP contribution in [-0.2, 0) is 17.8 Å². The molecular weight excluding hydrogens is 274 g/mol. The Morgan fingerprint density at radius 3 is 2.81 bits per heavy atom. The molecular formula is C16H14F2N2O. The second kappa shape index (κ2) is 5.52. The highest BCUT2D eigenvalue weighted by Crippen LogP contribution is 2.26. The second-order valence-electron chi connectivity index (χ2n) is 5.05. The lowest BCUT2D eigenvalue weighted by Gasteiger charge is -2.12. The van der Waals surface area contributed by atoms with E-state index in [1.165, 1.54) is 24.3 Å². The summed E-state index contributed by atoms with van der Waals surface area (Å²) >= 11 is 0. The minimum atomic E-state index is -0.421. The van der Waals surface area contributed by atoms with E-state index in [-0.39, 0.29) is 24.1 Å². The van der Waals surface area contributed by atoms with Crippen molar-refractivity contribution in [1.29, 1.82) is 0 Å². The van der Waals surface area contributed by atoms with E-state index in [2.05, 4.69) is 10.6 Å². The zero-order chi connectivity index (χ0) is 14.8. The van der Waals surface area contributed by atoms with E-state index in [9.17, 15) is 13.6 Å². The molecule has 0 saturated carbocycles. The molecule has 0 aromatic heterocycles. The van der Waals surface area contributed by atoms with Crippen LogP contribution in [0.5, 0.6) is 0 Å². The van der Waals surface area contributed by atoms with E-state index < -0.39 is 6.04 Å². The molecule has 3 rings (SSSR count). The zero-order valence-corrected chi connectivity index (χ0v) is 11.2. The summed E-state index contributed by atoms with van der Waals surface area (Å²) in [6.45, 7) is 0.263. The first kappa shape index (κ1) is 13.5. The number of halogens is 2. The summed E-state index contributed by atoms with van der Waals surface area (Å²) in [5.74, 6) is -0.823. The first-order valence-corrected chi connectivity index (χ1v) is 6.69. The van der Waals surface area contributed by atoms with E-state index in [0.29, 0.717) is 12.0 Å². The molecule has 2 aromatic rings. The Hall–Kier alpha value is -2.43. The van der Waals surface area contributed by atoms with Crippen molar-refractivity contribution in [2.45, 2.75) is 19.0 Å². The molecule has 0 bridgehead atoms. The molecule has 0 saturated heterocycles. The summed E-state index contributed by atoms with van der Waals surface area (Å²) in [5, 5.41) is 5.81. The summed E-state index contributed by atoms with van der Waals surface area (Å²) in [6, 6.07) is 10.1. The van der Waals surface area contributed by atoms with Gasteiger partial charge in [-0.3, -0.25) is 4.79 Å². The molecule has 1 aliphatic rings. The van der Waals surface area contributed by atoms with Gasteiger partial charge in [-0.1, -0.05) is 12.1 Å². The van der Waals surface area contributed by atoms with Gasteiger partial charge in [0, 0.05) is 18.7 Å². The Bertz CT molecular complexity index is 688. The van der Waals surface area contributed by atoms with Crippen molar-refractivity contribution in [3.05, 3.63) is 65.2 Å². The molecule has 0 fully saturated rings. The van der Waals surface area contributed by atoms with Gasteiger partial charge in [0.15, 0.2) is 0 Å². The monoisotopic (exact) mass is 288 g/mol. The first-order chi connectivity index (χ1) is 10.1. The minimum Gasteiger partial charge on any atom is -0.373 e. The Kier molecular flexibility index (Phi) is 3.56. The van der Waals surface area contributed by atoms with E-state index >= 15 is 0 Å². The summed E-state index contributed by atoms with van der Waals surface area (Å²) in [5.41, 5.74) is 2.27. The van der Waals surface area contributed by atoms with Gasteiger partial charge in [-0.2, -0.15) is 0 Å². The molecule has 3 nitrogen and oxygen atoms in total. The first-order valence-electron chi connectivity index (χ1n) is 6.69. The smallest absolute Gasteiger partial charge is 0.243 e. The minimum absolute atomic E-state index is 0.184. The van der Waals surface area contributed by atoms with Crippen LogP contribution < -0.4 is 10.6 Å². The summed E-state index contributed by atoms with van der Waals surface area (Å²) in [7, 11) is 0. The van der Waals surface area contributed by atoms with Crippen molar-refractivity contribution >= 4 is 11.6 Å². The van der Waals surface area contributed by atoms with Crippen molar-refractivity contribution in [2.24, 2.45) is 0 Å². The van der Waals surface area contributed by atoms with E-state index in [1.54, 1.807) is 18.2 Å². The summed E-state index contributed by atoms with van der Waals surface area (Å²) in [4.78, 5) is 12.1. The van der Waals surface area contributed by atoms with Crippen molar-refractivity contribution in [2.75, 3.05) is 5.32 Å². The fourth-order valence-corrected chi connectivity index (χ4v) is 2.45. The van der Waals surface area contributed by atoms with Gasteiger partial charge in [-0.05, 0) is 41.5 Å². The maximum Gasteiger partial charge on any atom is 0.243 e. The van der Waals surface area contributed by atoms with Crippen molar-refractivity contribution < 1.29 is 13.6 Å². The number of hydrogen-bond donors (Lipinski definition) is 2. The van der Waals surface area contributed by atoms with E-state index in [1.807, 2.05) is 0 Å². The van der Waals surface area contributed by atoms with Gasteiger partial charge in [-0.15, -0.1) is 0 Å². The average Bonchev–Trinajstić information content (AvgIpc) is 2.88. The Labute approximate surface area is 121 Å². The van der Waals surface area contributed by atoms with Crippen LogP contribution in [0.15, 0.2) is 42.5 Å². The summed E-state index contributed by atoms with van der Waals surface area (Å²) < 4.78 is 26.2. The molecule has 0 aliphatic carbocycles. The highest BCUT2D eigenvalue weighted by molar-refractivity contribution is 5.87. The molecule has 21 heavy (non-hydrogen) atoms. The van der Waals surface area contributed by atoms with Crippen LogP contribution >= 0.6 is 0 Å². The van der Waals surface area contributed by atoms with Gasteiger partial charge in [0.2, 0.25) is 5.91 Å². The Morgan fingerprint density at radius 1 is 1.19 bits per heavy atom. The molecule has 1 heterocycles. The number of rotatable bonds is 3. The number of fused-ring (bicyclic) bond motifs is 1.